The Morgan fingerprint density at radius 1 is 1.00 bits per heavy atom. The second kappa shape index (κ2) is 5.74. The topological polar surface area (TPSA) is 0 Å². The van der Waals surface area contributed by atoms with E-state index in [4.69, 9.17) is 0 Å². The van der Waals surface area contributed by atoms with Gasteiger partial charge in [0.2, 0.25) is 0 Å². The van der Waals surface area contributed by atoms with E-state index in [-0.39, 0.29) is 0 Å². The first-order valence-electron chi connectivity index (χ1n) is 1.82. The molecular formula is C3H6In2. The van der Waals surface area contributed by atoms with Gasteiger partial charge in [0.1, 0.15) is 0 Å². The van der Waals surface area contributed by atoms with Crippen molar-refractivity contribution in [1.82, 2.24) is 0 Å². The molecule has 0 aliphatic rings. The van der Waals surface area contributed by atoms with Gasteiger partial charge in [-0.1, -0.05) is 0 Å². The SMILES string of the molecule is [In][CH2]C[CH2][In]. The fourth-order valence-corrected chi connectivity index (χ4v) is 5.30. The Morgan fingerprint density at radius 3 is 1.40 bits per heavy atom. The Morgan fingerprint density at radius 2 is 1.40 bits per heavy atom. The molecule has 0 spiro atoms. The van der Waals surface area contributed by atoms with Gasteiger partial charge in [0.15, 0.2) is 0 Å². The van der Waals surface area contributed by atoms with Crippen LogP contribution in [0.25, 0.3) is 0 Å². The van der Waals surface area contributed by atoms with Gasteiger partial charge in [0.25, 0.3) is 0 Å². The van der Waals surface area contributed by atoms with E-state index in [0.717, 1.165) is 0 Å². The molecule has 4 radical (unpaired) electrons. The molecule has 0 amide bonds. The van der Waals surface area contributed by atoms with E-state index in [1.807, 2.05) is 0 Å². The molecule has 0 heterocycles. The molecule has 0 saturated heterocycles. The number of rotatable bonds is 2. The third-order valence-electron chi connectivity index (χ3n) is 0.408. The minimum atomic E-state index is 1.47. The van der Waals surface area contributed by atoms with Crippen molar-refractivity contribution in [2.45, 2.75) is 14.8 Å². The van der Waals surface area contributed by atoms with Crippen molar-refractivity contribution in [3.8, 4) is 0 Å². The van der Waals surface area contributed by atoms with E-state index >= 15 is 0 Å². The van der Waals surface area contributed by atoms with Crippen LogP contribution in [0.2, 0.25) is 8.35 Å². The third-order valence-corrected chi connectivity index (χ3v) is 2.74. The molecule has 0 aliphatic heterocycles. The van der Waals surface area contributed by atoms with Crippen LogP contribution in [0.4, 0.5) is 0 Å². The molecule has 0 saturated carbocycles. The first kappa shape index (κ1) is 6.74. The second-order valence-electron chi connectivity index (χ2n) is 0.931. The van der Waals surface area contributed by atoms with Gasteiger partial charge in [-0.05, 0) is 0 Å². The summed E-state index contributed by atoms with van der Waals surface area (Å²) in [5.74, 6) is 0. The molecule has 24 valence electrons. The van der Waals surface area contributed by atoms with Crippen LogP contribution in [0.15, 0.2) is 0 Å². The molecule has 0 fully saturated rings. The summed E-state index contributed by atoms with van der Waals surface area (Å²) in [6.07, 6.45) is 1.50. The molecule has 0 aromatic heterocycles. The molecule has 0 N–H and O–H groups in total. The number of hydrogen-bond acceptors (Lipinski definition) is 0. The Kier molecular flexibility index (Phi) is 7.74. The van der Waals surface area contributed by atoms with Gasteiger partial charge in [-0.15, -0.1) is 0 Å². The zero-order valence-corrected chi connectivity index (χ0v) is 9.87. The van der Waals surface area contributed by atoms with Crippen LogP contribution in [0, 0.1) is 0 Å². The summed E-state index contributed by atoms with van der Waals surface area (Å²) in [5, 5.41) is 0. The van der Waals surface area contributed by atoms with Crippen LogP contribution < -0.4 is 0 Å². The van der Waals surface area contributed by atoms with E-state index in [9.17, 15) is 0 Å². The quantitative estimate of drug-likeness (QED) is 0.688. The van der Waals surface area contributed by atoms with Gasteiger partial charge < -0.3 is 0 Å². The summed E-state index contributed by atoms with van der Waals surface area (Å²) in [7, 11) is 0. The minimum absolute atomic E-state index is 1.47. The second-order valence-corrected chi connectivity index (χ2v) is 4.23. The molecule has 2 heteroatoms. The molecule has 0 unspecified atom stereocenters. The van der Waals surface area contributed by atoms with Crippen molar-refractivity contribution < 1.29 is 0 Å². The molecule has 0 atom stereocenters. The van der Waals surface area contributed by atoms with Crippen molar-refractivity contribution in [2.24, 2.45) is 0 Å². The number of hydrogen-bond donors (Lipinski definition) is 0. The van der Waals surface area contributed by atoms with Crippen LogP contribution in [-0.4, -0.2) is 48.7 Å². The predicted molar refractivity (Wildman–Crippen MR) is 25.7 cm³/mol. The van der Waals surface area contributed by atoms with Gasteiger partial charge in [-0.2, -0.15) is 0 Å². The maximum atomic E-state index is 1.51. The van der Waals surface area contributed by atoms with Gasteiger partial charge in [-0.25, -0.2) is 0 Å². The predicted octanol–water partition coefficient (Wildman–Crippen LogP) is 0.550. The molecule has 0 aliphatic carbocycles. The van der Waals surface area contributed by atoms with Crippen LogP contribution in [0.3, 0.4) is 0 Å². The van der Waals surface area contributed by atoms with Gasteiger partial charge in [0.05, 0.1) is 0 Å². The first-order chi connectivity index (χ1) is 2.41. The van der Waals surface area contributed by atoms with E-state index in [1.165, 1.54) is 63.5 Å². The Bertz CT molecular complexity index is 12.4. The van der Waals surface area contributed by atoms with Crippen LogP contribution >= 0.6 is 0 Å². The Hall–Kier alpha value is 1.74. The zero-order valence-electron chi connectivity index (χ0n) is 3.28. The Labute approximate surface area is 62.9 Å². The first-order valence-corrected chi connectivity index (χ1v) is 6.48. The van der Waals surface area contributed by atoms with Crippen LogP contribution in [-0.2, 0) is 0 Å². The molecule has 0 nitrogen and oxygen atoms in total. The molecular weight excluding hydrogens is 266 g/mol. The van der Waals surface area contributed by atoms with Crippen molar-refractivity contribution in [3.05, 3.63) is 0 Å². The summed E-state index contributed by atoms with van der Waals surface area (Å²) in [6.45, 7) is 0. The zero-order chi connectivity index (χ0) is 4.12. The van der Waals surface area contributed by atoms with Gasteiger partial charge in [-0.3, -0.25) is 0 Å². The van der Waals surface area contributed by atoms with Crippen molar-refractivity contribution in [1.29, 1.82) is 0 Å². The van der Waals surface area contributed by atoms with E-state index in [0.29, 0.717) is 0 Å². The van der Waals surface area contributed by atoms with Crippen molar-refractivity contribution in [3.63, 3.8) is 0 Å². The van der Waals surface area contributed by atoms with Gasteiger partial charge >= 0.3 is 63.5 Å². The average Bonchev–Trinajstić information content (AvgIpc) is 1.41. The molecule has 5 heavy (non-hydrogen) atoms. The molecule has 0 aromatic carbocycles. The molecule has 0 aromatic rings. The fraction of sp³-hybridized carbons (Fsp3) is 1.00. The molecule has 0 rings (SSSR count). The van der Waals surface area contributed by atoms with E-state index in [2.05, 4.69) is 0 Å². The monoisotopic (exact) mass is 272 g/mol. The third kappa shape index (κ3) is 5.74. The summed E-state index contributed by atoms with van der Waals surface area (Å²) >= 11 is 2.94. The average molecular weight is 272 g/mol. The molecule has 0 bridgehead atoms. The maximum absolute atomic E-state index is 1.51. The fourth-order valence-electron chi connectivity index (χ4n) is 0.118. The van der Waals surface area contributed by atoms with Crippen molar-refractivity contribution >= 4 is 48.7 Å². The Balaban J connectivity index is 2.19. The summed E-state index contributed by atoms with van der Waals surface area (Å²) in [4.78, 5) is 0. The van der Waals surface area contributed by atoms with Crippen molar-refractivity contribution in [2.75, 3.05) is 0 Å². The summed E-state index contributed by atoms with van der Waals surface area (Å²) < 4.78 is 3.01. The summed E-state index contributed by atoms with van der Waals surface area (Å²) in [6, 6.07) is 0. The van der Waals surface area contributed by atoms with E-state index < -0.39 is 0 Å². The van der Waals surface area contributed by atoms with E-state index in [1.54, 1.807) is 0 Å². The standard InChI is InChI=1S/C3H6.2In/c1-3-2;;/h1-3H2;;. The van der Waals surface area contributed by atoms with Crippen LogP contribution in [0.1, 0.15) is 6.42 Å². The van der Waals surface area contributed by atoms with Crippen LogP contribution in [0.5, 0.6) is 0 Å². The van der Waals surface area contributed by atoms with Gasteiger partial charge in [0, 0.05) is 0 Å². The normalized spacial score (nSPS) is 8.00. The summed E-state index contributed by atoms with van der Waals surface area (Å²) in [5.41, 5.74) is 0.